The smallest absolute Gasteiger partial charge is 0.0657 e. The summed E-state index contributed by atoms with van der Waals surface area (Å²) in [6, 6.07) is 7.20. The molecule has 0 radical (unpaired) electrons. The molecule has 1 saturated carbocycles. The van der Waals surface area contributed by atoms with Crippen LogP contribution in [0.15, 0.2) is 24.5 Å². The number of nitrogens with one attached hydrogen (secondary N) is 1. The van der Waals surface area contributed by atoms with Crippen LogP contribution in [-0.4, -0.2) is 11.0 Å². The number of nitriles is 1. The van der Waals surface area contributed by atoms with E-state index in [1.807, 2.05) is 24.5 Å². The highest BCUT2D eigenvalue weighted by atomic mass is 15.0. The lowest BCUT2D eigenvalue weighted by Gasteiger charge is -2.34. The van der Waals surface area contributed by atoms with E-state index < -0.39 is 0 Å². The summed E-state index contributed by atoms with van der Waals surface area (Å²) in [7, 11) is 0. The molecule has 1 aliphatic carbocycles. The fourth-order valence-corrected chi connectivity index (χ4v) is 1.96. The Balaban J connectivity index is 1.84. The number of pyridine rings is 1. The molecule has 0 spiro atoms. The molecule has 1 aromatic heterocycles. The van der Waals surface area contributed by atoms with Gasteiger partial charge in [0.15, 0.2) is 0 Å². The largest absolute Gasteiger partial charge is 0.307 e. The number of hydrogen-bond acceptors (Lipinski definition) is 3. The molecule has 1 fully saturated rings. The molecular weight excluding hydrogens is 186 g/mol. The van der Waals surface area contributed by atoms with Gasteiger partial charge in [0.2, 0.25) is 0 Å². The Morgan fingerprint density at radius 2 is 2.13 bits per heavy atom. The molecule has 2 rings (SSSR count). The molecule has 0 amide bonds. The van der Waals surface area contributed by atoms with Crippen LogP contribution >= 0.6 is 0 Å². The molecule has 0 bridgehead atoms. The van der Waals surface area contributed by atoms with Gasteiger partial charge in [0.25, 0.3) is 0 Å². The van der Waals surface area contributed by atoms with Gasteiger partial charge in [-0.15, -0.1) is 0 Å². The summed E-state index contributed by atoms with van der Waals surface area (Å²) in [4.78, 5) is 4.00. The normalized spacial score (nSPS) is 26.4. The SMILES string of the molecule is CC(NC1CC(C#N)C1)c1ccncc1. The van der Waals surface area contributed by atoms with Gasteiger partial charge in [-0.1, -0.05) is 0 Å². The summed E-state index contributed by atoms with van der Waals surface area (Å²) >= 11 is 0. The van der Waals surface area contributed by atoms with Crippen molar-refractivity contribution in [2.24, 2.45) is 5.92 Å². The van der Waals surface area contributed by atoms with Crippen LogP contribution in [0.3, 0.4) is 0 Å². The van der Waals surface area contributed by atoms with Crippen LogP contribution in [0, 0.1) is 17.2 Å². The van der Waals surface area contributed by atoms with Gasteiger partial charge in [-0.25, -0.2) is 0 Å². The van der Waals surface area contributed by atoms with Gasteiger partial charge < -0.3 is 5.32 Å². The Labute approximate surface area is 90.1 Å². The number of hydrogen-bond donors (Lipinski definition) is 1. The third kappa shape index (κ3) is 2.34. The monoisotopic (exact) mass is 201 g/mol. The second kappa shape index (κ2) is 4.41. The highest BCUT2D eigenvalue weighted by molar-refractivity contribution is 5.14. The van der Waals surface area contributed by atoms with Crippen LogP contribution in [-0.2, 0) is 0 Å². The van der Waals surface area contributed by atoms with Gasteiger partial charge in [0.05, 0.1) is 6.07 Å². The second-order valence-electron chi connectivity index (χ2n) is 4.16. The van der Waals surface area contributed by atoms with E-state index in [0.717, 1.165) is 12.8 Å². The molecule has 3 nitrogen and oxygen atoms in total. The lowest BCUT2D eigenvalue weighted by molar-refractivity contribution is 0.256. The first-order chi connectivity index (χ1) is 7.29. The number of nitrogens with zero attached hydrogens (tertiary/aromatic N) is 2. The standard InChI is InChI=1S/C12H15N3/c1-9(11-2-4-14-5-3-11)15-12-6-10(7-12)8-13/h2-5,9-10,12,15H,6-7H2,1H3. The van der Waals surface area contributed by atoms with E-state index in [-0.39, 0.29) is 5.92 Å². The Bertz CT molecular complexity index is 349. The van der Waals surface area contributed by atoms with E-state index in [9.17, 15) is 0 Å². The lowest BCUT2D eigenvalue weighted by Crippen LogP contribution is -2.41. The fourth-order valence-electron chi connectivity index (χ4n) is 1.96. The third-order valence-corrected chi connectivity index (χ3v) is 3.01. The maximum Gasteiger partial charge on any atom is 0.0657 e. The maximum absolute atomic E-state index is 8.67. The zero-order valence-corrected chi connectivity index (χ0v) is 8.85. The minimum atomic E-state index is 0.271. The van der Waals surface area contributed by atoms with Crippen molar-refractivity contribution in [2.75, 3.05) is 0 Å². The van der Waals surface area contributed by atoms with Gasteiger partial charge in [-0.3, -0.25) is 4.98 Å². The van der Waals surface area contributed by atoms with E-state index in [1.165, 1.54) is 5.56 Å². The first-order valence-corrected chi connectivity index (χ1v) is 5.35. The first-order valence-electron chi connectivity index (χ1n) is 5.35. The Hall–Kier alpha value is -1.40. The first kappa shape index (κ1) is 10.1. The summed E-state index contributed by atoms with van der Waals surface area (Å²) < 4.78 is 0. The van der Waals surface area contributed by atoms with Crippen molar-refractivity contribution in [1.82, 2.24) is 10.3 Å². The van der Waals surface area contributed by atoms with E-state index >= 15 is 0 Å². The summed E-state index contributed by atoms with van der Waals surface area (Å²) in [6.45, 7) is 2.15. The maximum atomic E-state index is 8.67. The number of rotatable bonds is 3. The molecule has 1 atom stereocenters. The Kier molecular flexibility index (Phi) is 2.98. The van der Waals surface area contributed by atoms with Crippen LogP contribution < -0.4 is 5.32 Å². The minimum Gasteiger partial charge on any atom is -0.307 e. The summed E-state index contributed by atoms with van der Waals surface area (Å²) in [5.41, 5.74) is 1.26. The van der Waals surface area contributed by atoms with Crippen molar-refractivity contribution in [2.45, 2.75) is 31.8 Å². The van der Waals surface area contributed by atoms with E-state index in [0.29, 0.717) is 12.1 Å². The summed E-state index contributed by atoms with van der Waals surface area (Å²) in [5.74, 6) is 0.271. The molecule has 0 aromatic carbocycles. The quantitative estimate of drug-likeness (QED) is 0.814. The van der Waals surface area contributed by atoms with Crippen molar-refractivity contribution >= 4 is 0 Å². The van der Waals surface area contributed by atoms with Gasteiger partial charge in [-0.05, 0) is 37.5 Å². The molecule has 78 valence electrons. The molecule has 1 aliphatic rings. The van der Waals surface area contributed by atoms with Crippen molar-refractivity contribution in [3.63, 3.8) is 0 Å². The summed E-state index contributed by atoms with van der Waals surface area (Å²) in [5, 5.41) is 12.2. The zero-order chi connectivity index (χ0) is 10.7. The predicted octanol–water partition coefficient (Wildman–Crippen LogP) is 2.03. The highest BCUT2D eigenvalue weighted by Gasteiger charge is 2.29. The average molecular weight is 201 g/mol. The third-order valence-electron chi connectivity index (χ3n) is 3.01. The van der Waals surface area contributed by atoms with Crippen molar-refractivity contribution in [3.8, 4) is 6.07 Å². The highest BCUT2D eigenvalue weighted by Crippen LogP contribution is 2.28. The van der Waals surface area contributed by atoms with Gasteiger partial charge in [-0.2, -0.15) is 5.26 Å². The van der Waals surface area contributed by atoms with Gasteiger partial charge in [0.1, 0.15) is 0 Å². The molecule has 15 heavy (non-hydrogen) atoms. The van der Waals surface area contributed by atoms with Crippen LogP contribution in [0.4, 0.5) is 0 Å². The van der Waals surface area contributed by atoms with E-state index in [4.69, 9.17) is 5.26 Å². The molecule has 1 heterocycles. The predicted molar refractivity (Wildman–Crippen MR) is 57.9 cm³/mol. The van der Waals surface area contributed by atoms with Crippen LogP contribution in [0.2, 0.25) is 0 Å². The Morgan fingerprint density at radius 3 is 2.73 bits per heavy atom. The molecule has 0 saturated heterocycles. The molecular formula is C12H15N3. The van der Waals surface area contributed by atoms with Gasteiger partial charge in [0, 0.05) is 30.4 Å². The molecule has 1 unspecified atom stereocenters. The van der Waals surface area contributed by atoms with Crippen molar-refractivity contribution < 1.29 is 0 Å². The fraction of sp³-hybridized carbons (Fsp3) is 0.500. The van der Waals surface area contributed by atoms with Crippen LogP contribution in [0.5, 0.6) is 0 Å². The molecule has 3 heteroatoms. The molecule has 1 N–H and O–H groups in total. The van der Waals surface area contributed by atoms with Crippen LogP contribution in [0.25, 0.3) is 0 Å². The summed E-state index contributed by atoms with van der Waals surface area (Å²) in [6.07, 6.45) is 5.61. The molecule has 0 aliphatic heterocycles. The number of aromatic nitrogens is 1. The van der Waals surface area contributed by atoms with Crippen molar-refractivity contribution in [1.29, 1.82) is 5.26 Å². The van der Waals surface area contributed by atoms with Gasteiger partial charge >= 0.3 is 0 Å². The van der Waals surface area contributed by atoms with E-state index in [2.05, 4.69) is 23.3 Å². The molecule has 1 aromatic rings. The van der Waals surface area contributed by atoms with Crippen molar-refractivity contribution in [3.05, 3.63) is 30.1 Å². The lowest BCUT2D eigenvalue weighted by atomic mass is 9.81. The minimum absolute atomic E-state index is 0.271. The average Bonchev–Trinajstić information content (AvgIpc) is 2.23. The zero-order valence-electron chi connectivity index (χ0n) is 8.85. The van der Waals surface area contributed by atoms with Crippen LogP contribution in [0.1, 0.15) is 31.4 Å². The topological polar surface area (TPSA) is 48.7 Å². The second-order valence-corrected chi connectivity index (χ2v) is 4.16. The van der Waals surface area contributed by atoms with E-state index in [1.54, 1.807) is 0 Å². The Morgan fingerprint density at radius 1 is 1.47 bits per heavy atom.